The Balaban J connectivity index is 1.80. The summed E-state index contributed by atoms with van der Waals surface area (Å²) in [5.41, 5.74) is 1.57. The number of benzene rings is 1. The molecule has 3 aromatic rings. The van der Waals surface area contributed by atoms with Crippen molar-refractivity contribution >= 4 is 45.6 Å². The van der Waals surface area contributed by atoms with Gasteiger partial charge in [-0.25, -0.2) is 9.97 Å². The maximum Gasteiger partial charge on any atom is 0.277 e. The van der Waals surface area contributed by atoms with E-state index in [1.807, 2.05) is 30.5 Å². The third kappa shape index (κ3) is 4.10. The predicted octanol–water partition coefficient (Wildman–Crippen LogP) is 5.16. The number of nitrogens with one attached hydrogen (secondary N) is 1. The highest BCUT2D eigenvalue weighted by atomic mass is 35.5. The topological polar surface area (TPSA) is 64.1 Å². The van der Waals surface area contributed by atoms with Crippen LogP contribution in [-0.2, 0) is 0 Å². The first-order valence-electron chi connectivity index (χ1n) is 7.39. The van der Waals surface area contributed by atoms with Crippen LogP contribution in [0.25, 0.3) is 11.3 Å². The summed E-state index contributed by atoms with van der Waals surface area (Å²) in [5, 5.41) is 5.79. The summed E-state index contributed by atoms with van der Waals surface area (Å²) in [7, 11) is 0. The number of hydrogen-bond donors (Lipinski definition) is 1. The largest absolute Gasteiger partial charge is 0.478 e. The van der Waals surface area contributed by atoms with E-state index in [1.165, 1.54) is 11.3 Å². The second-order valence-electron chi connectivity index (χ2n) is 4.88. The Bertz CT molecular complexity index is 914. The molecule has 1 aromatic carbocycles. The van der Waals surface area contributed by atoms with E-state index < -0.39 is 5.91 Å². The van der Waals surface area contributed by atoms with Crippen LogP contribution in [0.1, 0.15) is 17.4 Å². The van der Waals surface area contributed by atoms with Crippen LogP contribution >= 0.6 is 34.5 Å². The maximum atomic E-state index is 12.4. The van der Waals surface area contributed by atoms with Crippen molar-refractivity contribution in [2.45, 2.75) is 6.92 Å². The Hall–Kier alpha value is -2.15. The molecule has 1 N–H and O–H groups in total. The average molecular weight is 394 g/mol. The smallest absolute Gasteiger partial charge is 0.277 e. The molecule has 0 fully saturated rings. The quantitative estimate of drug-likeness (QED) is 0.649. The van der Waals surface area contributed by atoms with Gasteiger partial charge in [0.15, 0.2) is 10.8 Å². The molecule has 2 aromatic heterocycles. The monoisotopic (exact) mass is 393 g/mol. The molecule has 0 unspecified atom stereocenters. The molecule has 2 heterocycles. The number of pyridine rings is 1. The molecule has 0 bridgehead atoms. The lowest BCUT2D eigenvalue weighted by atomic mass is 10.2. The van der Waals surface area contributed by atoms with E-state index in [-0.39, 0.29) is 10.7 Å². The van der Waals surface area contributed by atoms with Crippen LogP contribution in [0, 0.1) is 0 Å². The molecule has 3 rings (SSSR count). The molecule has 0 aliphatic carbocycles. The Labute approximate surface area is 158 Å². The Morgan fingerprint density at radius 2 is 1.96 bits per heavy atom. The zero-order valence-electron chi connectivity index (χ0n) is 13.1. The van der Waals surface area contributed by atoms with Gasteiger partial charge in [0.1, 0.15) is 0 Å². The predicted molar refractivity (Wildman–Crippen MR) is 101 cm³/mol. The lowest BCUT2D eigenvalue weighted by Gasteiger charge is -2.06. The van der Waals surface area contributed by atoms with Gasteiger partial charge in [-0.1, -0.05) is 41.4 Å². The molecular formula is C17H13Cl2N3O2S. The molecule has 0 aliphatic rings. The van der Waals surface area contributed by atoms with Gasteiger partial charge in [0.2, 0.25) is 5.88 Å². The third-order valence-electron chi connectivity index (χ3n) is 3.20. The molecule has 25 heavy (non-hydrogen) atoms. The minimum absolute atomic E-state index is 0.0853. The third-order valence-corrected chi connectivity index (χ3v) is 4.59. The molecule has 0 aliphatic heterocycles. The van der Waals surface area contributed by atoms with Gasteiger partial charge in [-0.2, -0.15) is 0 Å². The summed E-state index contributed by atoms with van der Waals surface area (Å²) in [4.78, 5) is 21.0. The number of carbonyl (C=O) groups is 1. The van der Waals surface area contributed by atoms with Crippen LogP contribution in [0.4, 0.5) is 5.13 Å². The van der Waals surface area contributed by atoms with Gasteiger partial charge in [-0.3, -0.25) is 10.1 Å². The number of hydrogen-bond acceptors (Lipinski definition) is 5. The summed E-state index contributed by atoms with van der Waals surface area (Å²) in [6.45, 7) is 2.28. The number of anilines is 1. The molecule has 0 radical (unpaired) electrons. The standard InChI is InChI=1S/C17H13Cl2N3O2S/c1-2-24-14-8-7-12(19)15(21-14)16(23)22-17-20-13(9-25-17)10-5-3-4-6-11(10)18/h3-9H,2H2,1H3,(H,20,22,23). The SMILES string of the molecule is CCOc1ccc(Cl)c(C(=O)Nc2nc(-c3ccccc3Cl)cs2)n1. The number of aromatic nitrogens is 2. The van der Waals surface area contributed by atoms with Crippen molar-refractivity contribution in [3.63, 3.8) is 0 Å². The van der Waals surface area contributed by atoms with Gasteiger partial charge in [0.25, 0.3) is 5.91 Å². The normalized spacial score (nSPS) is 10.5. The number of rotatable bonds is 5. The van der Waals surface area contributed by atoms with Crippen molar-refractivity contribution in [1.29, 1.82) is 0 Å². The highest BCUT2D eigenvalue weighted by molar-refractivity contribution is 7.14. The minimum Gasteiger partial charge on any atom is -0.478 e. The van der Waals surface area contributed by atoms with Crippen LogP contribution in [0.2, 0.25) is 10.0 Å². The minimum atomic E-state index is -0.452. The van der Waals surface area contributed by atoms with E-state index >= 15 is 0 Å². The molecule has 128 valence electrons. The molecule has 5 nitrogen and oxygen atoms in total. The van der Waals surface area contributed by atoms with Crippen molar-refractivity contribution in [1.82, 2.24) is 9.97 Å². The van der Waals surface area contributed by atoms with Crippen LogP contribution in [0.3, 0.4) is 0 Å². The van der Waals surface area contributed by atoms with E-state index in [0.29, 0.717) is 28.3 Å². The van der Waals surface area contributed by atoms with Crippen LogP contribution < -0.4 is 10.1 Å². The molecule has 0 spiro atoms. The van der Waals surface area contributed by atoms with Crippen molar-refractivity contribution < 1.29 is 9.53 Å². The Morgan fingerprint density at radius 3 is 2.72 bits per heavy atom. The van der Waals surface area contributed by atoms with Gasteiger partial charge >= 0.3 is 0 Å². The van der Waals surface area contributed by atoms with Crippen molar-refractivity contribution in [3.05, 3.63) is 57.5 Å². The molecular weight excluding hydrogens is 381 g/mol. The van der Waals surface area contributed by atoms with Crippen molar-refractivity contribution in [2.75, 3.05) is 11.9 Å². The van der Waals surface area contributed by atoms with Crippen LogP contribution in [0.15, 0.2) is 41.8 Å². The number of carbonyl (C=O) groups excluding carboxylic acids is 1. The molecule has 0 saturated carbocycles. The van der Waals surface area contributed by atoms with E-state index in [4.69, 9.17) is 27.9 Å². The van der Waals surface area contributed by atoms with E-state index in [9.17, 15) is 4.79 Å². The first-order valence-corrected chi connectivity index (χ1v) is 9.03. The second kappa shape index (κ2) is 7.82. The highest BCUT2D eigenvalue weighted by Crippen LogP contribution is 2.30. The van der Waals surface area contributed by atoms with Crippen molar-refractivity contribution in [2.24, 2.45) is 0 Å². The number of nitrogens with zero attached hydrogens (tertiary/aromatic N) is 2. The van der Waals surface area contributed by atoms with Gasteiger partial charge in [-0.05, 0) is 19.1 Å². The second-order valence-corrected chi connectivity index (χ2v) is 6.56. The van der Waals surface area contributed by atoms with E-state index in [2.05, 4.69) is 15.3 Å². The van der Waals surface area contributed by atoms with E-state index in [0.717, 1.165) is 5.56 Å². The fraction of sp³-hybridized carbons (Fsp3) is 0.118. The van der Waals surface area contributed by atoms with Crippen LogP contribution in [0.5, 0.6) is 5.88 Å². The van der Waals surface area contributed by atoms with Gasteiger partial charge < -0.3 is 4.74 Å². The summed E-state index contributed by atoms with van der Waals surface area (Å²) >= 11 is 13.5. The molecule has 1 amide bonds. The summed E-state index contributed by atoms with van der Waals surface area (Å²) in [5.74, 6) is -0.112. The summed E-state index contributed by atoms with van der Waals surface area (Å²) in [6.07, 6.45) is 0. The number of ether oxygens (including phenoxy) is 1. The van der Waals surface area contributed by atoms with Gasteiger partial charge in [0, 0.05) is 22.0 Å². The number of amides is 1. The Kier molecular flexibility index (Phi) is 5.53. The molecule has 0 saturated heterocycles. The van der Waals surface area contributed by atoms with Crippen LogP contribution in [-0.4, -0.2) is 22.5 Å². The fourth-order valence-electron chi connectivity index (χ4n) is 2.09. The average Bonchev–Trinajstić information content (AvgIpc) is 3.05. The summed E-state index contributed by atoms with van der Waals surface area (Å²) in [6, 6.07) is 10.6. The first kappa shape index (κ1) is 17.7. The zero-order chi connectivity index (χ0) is 17.8. The first-order chi connectivity index (χ1) is 12.1. The highest BCUT2D eigenvalue weighted by Gasteiger charge is 2.16. The molecule has 8 heteroatoms. The number of thiazole rings is 1. The van der Waals surface area contributed by atoms with Crippen molar-refractivity contribution in [3.8, 4) is 17.1 Å². The lowest BCUT2D eigenvalue weighted by Crippen LogP contribution is -2.14. The fourth-order valence-corrected chi connectivity index (χ4v) is 3.22. The van der Waals surface area contributed by atoms with Gasteiger partial charge in [-0.15, -0.1) is 11.3 Å². The zero-order valence-corrected chi connectivity index (χ0v) is 15.5. The van der Waals surface area contributed by atoms with Gasteiger partial charge in [0.05, 0.1) is 17.3 Å². The number of halogens is 2. The van der Waals surface area contributed by atoms with E-state index in [1.54, 1.807) is 18.2 Å². The summed E-state index contributed by atoms with van der Waals surface area (Å²) < 4.78 is 5.30. The lowest BCUT2D eigenvalue weighted by molar-refractivity contribution is 0.102. The molecule has 0 atom stereocenters. The maximum absolute atomic E-state index is 12.4. The Morgan fingerprint density at radius 1 is 1.16 bits per heavy atom.